The van der Waals surface area contributed by atoms with Crippen LogP contribution in [0.1, 0.15) is 42.5 Å². The number of aliphatic imine (C=N–C) groups is 1. The third kappa shape index (κ3) is 5.75. The van der Waals surface area contributed by atoms with E-state index < -0.39 is 5.25 Å². The molecule has 0 spiro atoms. The van der Waals surface area contributed by atoms with Gasteiger partial charge in [0.05, 0.1) is 18.4 Å². The monoisotopic (exact) mass is 512 g/mol. The van der Waals surface area contributed by atoms with Crippen LogP contribution in [0.4, 0.5) is 5.69 Å². The van der Waals surface area contributed by atoms with Gasteiger partial charge in [-0.2, -0.15) is 10.1 Å². The summed E-state index contributed by atoms with van der Waals surface area (Å²) < 4.78 is 5.44. The lowest BCUT2D eigenvalue weighted by Gasteiger charge is -2.23. The van der Waals surface area contributed by atoms with Gasteiger partial charge in [0.15, 0.2) is 5.17 Å². The lowest BCUT2D eigenvalue weighted by Crippen LogP contribution is -2.25. The third-order valence-corrected chi connectivity index (χ3v) is 7.37. The molecule has 2 aliphatic heterocycles. The molecule has 0 saturated carbocycles. The smallest absolute Gasteiger partial charge is 0.262 e. The molecule has 1 N–H and O–H groups in total. The normalized spacial score (nSPS) is 19.0. The Balaban J connectivity index is 1.30. The number of carbonyl (C=O) groups excluding carboxylic acids is 2. The highest BCUT2D eigenvalue weighted by molar-refractivity contribution is 8.15. The number of anilines is 1. The Bertz CT molecular complexity index is 1340. The van der Waals surface area contributed by atoms with Crippen LogP contribution in [0.15, 0.2) is 89.0 Å². The van der Waals surface area contributed by atoms with Crippen molar-refractivity contribution in [2.45, 2.75) is 38.0 Å². The Morgan fingerprint density at radius 3 is 2.49 bits per heavy atom. The zero-order valence-corrected chi connectivity index (χ0v) is 21.6. The molecular formula is C29H28N4O3S. The first kappa shape index (κ1) is 24.8. The summed E-state index contributed by atoms with van der Waals surface area (Å²) in [7, 11) is 0. The van der Waals surface area contributed by atoms with Crippen LogP contribution < -0.4 is 10.1 Å². The number of carbonyl (C=O) groups is 2. The zero-order valence-electron chi connectivity index (χ0n) is 20.8. The van der Waals surface area contributed by atoms with E-state index in [-0.39, 0.29) is 24.3 Å². The van der Waals surface area contributed by atoms with Crippen LogP contribution in [0.25, 0.3) is 0 Å². The van der Waals surface area contributed by atoms with Gasteiger partial charge in [0.1, 0.15) is 11.0 Å². The maximum Gasteiger partial charge on any atom is 0.262 e. The molecule has 0 radical (unpaired) electrons. The fourth-order valence-electron chi connectivity index (χ4n) is 4.33. The first-order chi connectivity index (χ1) is 18.0. The quantitative estimate of drug-likeness (QED) is 0.447. The summed E-state index contributed by atoms with van der Waals surface area (Å²) in [5.74, 6) is 0.188. The van der Waals surface area contributed by atoms with Crippen LogP contribution in [-0.4, -0.2) is 39.6 Å². The molecule has 2 heterocycles. The number of thioether (sulfide) groups is 1. The van der Waals surface area contributed by atoms with Crippen molar-refractivity contribution in [2.24, 2.45) is 10.1 Å². The van der Waals surface area contributed by atoms with E-state index in [0.29, 0.717) is 23.9 Å². The number of nitrogens with zero attached hydrogens (tertiary/aromatic N) is 3. The maximum atomic E-state index is 12.8. The molecule has 2 aliphatic rings. The largest absolute Gasteiger partial charge is 0.494 e. The molecule has 5 rings (SSSR count). The van der Waals surface area contributed by atoms with Gasteiger partial charge in [-0.05, 0) is 49.2 Å². The average molecular weight is 513 g/mol. The van der Waals surface area contributed by atoms with Crippen LogP contribution in [0.5, 0.6) is 5.75 Å². The minimum Gasteiger partial charge on any atom is -0.494 e. The molecule has 0 unspecified atom stereocenters. The molecule has 0 saturated heterocycles. The molecule has 2 amide bonds. The van der Waals surface area contributed by atoms with Gasteiger partial charge in [-0.3, -0.25) is 9.59 Å². The molecule has 0 aromatic heterocycles. The van der Waals surface area contributed by atoms with Gasteiger partial charge in [0, 0.05) is 18.5 Å². The van der Waals surface area contributed by atoms with Crippen molar-refractivity contribution in [3.8, 4) is 5.75 Å². The standard InChI is InChI=1S/C29H28N4O3S/c1-3-36-23-15-13-22(14-16-23)30-27(34)18-26-28(35)31-29(37-26)33-25(21-11-9-19(2)10-12-21)17-24(32-33)20-7-5-4-6-8-20/h4-16,25-26H,3,17-18H2,1-2H3,(H,30,34)/t25-,26-/m1/s1. The predicted molar refractivity (Wildman–Crippen MR) is 148 cm³/mol. The van der Waals surface area contributed by atoms with Crippen molar-refractivity contribution >= 4 is 40.1 Å². The van der Waals surface area contributed by atoms with Crippen LogP contribution in [0, 0.1) is 6.92 Å². The number of amidine groups is 1. The molecule has 0 aliphatic carbocycles. The van der Waals surface area contributed by atoms with E-state index in [9.17, 15) is 9.59 Å². The highest BCUT2D eigenvalue weighted by Gasteiger charge is 2.39. The van der Waals surface area contributed by atoms with Gasteiger partial charge in [0.2, 0.25) is 5.91 Å². The Labute approximate surface area is 220 Å². The number of ether oxygens (including phenoxy) is 1. The lowest BCUT2D eigenvalue weighted by atomic mass is 9.98. The number of hydrogen-bond acceptors (Lipinski definition) is 6. The lowest BCUT2D eigenvalue weighted by molar-refractivity contribution is -0.121. The van der Waals surface area contributed by atoms with Crippen molar-refractivity contribution in [3.63, 3.8) is 0 Å². The Morgan fingerprint density at radius 2 is 1.78 bits per heavy atom. The van der Waals surface area contributed by atoms with E-state index in [1.807, 2.05) is 42.3 Å². The van der Waals surface area contributed by atoms with Crippen LogP contribution in [-0.2, 0) is 9.59 Å². The van der Waals surface area contributed by atoms with E-state index >= 15 is 0 Å². The summed E-state index contributed by atoms with van der Waals surface area (Å²) in [6.07, 6.45) is 0.728. The number of rotatable bonds is 7. The van der Waals surface area contributed by atoms with Crippen molar-refractivity contribution in [1.82, 2.24) is 5.01 Å². The summed E-state index contributed by atoms with van der Waals surface area (Å²) in [6.45, 7) is 4.55. The predicted octanol–water partition coefficient (Wildman–Crippen LogP) is 5.57. The van der Waals surface area contributed by atoms with Crippen LogP contribution in [0.2, 0.25) is 0 Å². The van der Waals surface area contributed by atoms with Crippen LogP contribution >= 0.6 is 11.8 Å². The van der Waals surface area contributed by atoms with Gasteiger partial charge in [0.25, 0.3) is 5.91 Å². The molecule has 37 heavy (non-hydrogen) atoms. The van der Waals surface area contributed by atoms with Crippen molar-refractivity contribution < 1.29 is 14.3 Å². The number of nitrogens with one attached hydrogen (secondary N) is 1. The fourth-order valence-corrected chi connectivity index (χ4v) is 5.39. The van der Waals surface area contributed by atoms with Crippen molar-refractivity contribution in [2.75, 3.05) is 11.9 Å². The zero-order chi connectivity index (χ0) is 25.8. The van der Waals surface area contributed by atoms with E-state index in [2.05, 4.69) is 41.5 Å². The molecule has 2 atom stereocenters. The van der Waals surface area contributed by atoms with Gasteiger partial charge in [-0.15, -0.1) is 0 Å². The van der Waals surface area contributed by atoms with E-state index in [1.54, 1.807) is 24.3 Å². The van der Waals surface area contributed by atoms with Crippen molar-refractivity contribution in [3.05, 3.63) is 95.6 Å². The highest BCUT2D eigenvalue weighted by atomic mass is 32.2. The summed E-state index contributed by atoms with van der Waals surface area (Å²) in [6, 6.07) is 25.5. The molecule has 3 aromatic carbocycles. The number of benzene rings is 3. The summed E-state index contributed by atoms with van der Waals surface area (Å²) in [4.78, 5) is 29.8. The SMILES string of the molecule is CCOc1ccc(NC(=O)C[C@H]2SC(N3N=C(c4ccccc4)C[C@@H]3c3ccc(C)cc3)=NC2=O)cc1. The van der Waals surface area contributed by atoms with E-state index in [0.717, 1.165) is 22.6 Å². The van der Waals surface area contributed by atoms with E-state index in [1.165, 1.54) is 17.3 Å². The second-order valence-electron chi connectivity index (χ2n) is 8.94. The Kier molecular flexibility index (Phi) is 7.37. The number of aryl methyl sites for hydroxylation is 1. The third-order valence-electron chi connectivity index (χ3n) is 6.22. The fraction of sp³-hybridized carbons (Fsp3) is 0.241. The molecule has 7 nitrogen and oxygen atoms in total. The minimum absolute atomic E-state index is 0.0298. The Hall–Kier alpha value is -3.91. The summed E-state index contributed by atoms with van der Waals surface area (Å²) in [5.41, 5.74) is 4.93. The van der Waals surface area contributed by atoms with Crippen molar-refractivity contribution in [1.29, 1.82) is 0 Å². The molecule has 8 heteroatoms. The maximum absolute atomic E-state index is 12.8. The summed E-state index contributed by atoms with van der Waals surface area (Å²) >= 11 is 1.30. The second kappa shape index (κ2) is 11.0. The average Bonchev–Trinajstić information content (AvgIpc) is 3.50. The topological polar surface area (TPSA) is 83.4 Å². The second-order valence-corrected chi connectivity index (χ2v) is 10.1. The molecule has 0 fully saturated rings. The van der Waals surface area contributed by atoms with E-state index in [4.69, 9.17) is 9.84 Å². The highest BCUT2D eigenvalue weighted by Crippen LogP contribution is 2.38. The first-order valence-electron chi connectivity index (χ1n) is 12.3. The van der Waals surface area contributed by atoms with Crippen LogP contribution in [0.3, 0.4) is 0 Å². The number of amides is 2. The van der Waals surface area contributed by atoms with Gasteiger partial charge in [-0.25, -0.2) is 5.01 Å². The minimum atomic E-state index is -0.590. The number of hydrazone groups is 1. The van der Waals surface area contributed by atoms with Gasteiger partial charge < -0.3 is 10.1 Å². The Morgan fingerprint density at radius 1 is 1.05 bits per heavy atom. The first-order valence-corrected chi connectivity index (χ1v) is 13.2. The van der Waals surface area contributed by atoms with Gasteiger partial charge >= 0.3 is 0 Å². The summed E-state index contributed by atoms with van der Waals surface area (Å²) in [5, 5.41) is 9.54. The number of hydrogen-bond donors (Lipinski definition) is 1. The molecule has 3 aromatic rings. The molecule has 188 valence electrons. The van der Waals surface area contributed by atoms with Gasteiger partial charge in [-0.1, -0.05) is 71.9 Å². The molecule has 0 bridgehead atoms. The molecular weight excluding hydrogens is 484 g/mol.